The maximum Gasteiger partial charge on any atom is 0.249 e. The summed E-state index contributed by atoms with van der Waals surface area (Å²) in [4.78, 5) is 30.5. The Hall–Kier alpha value is -2.02. The van der Waals surface area contributed by atoms with Crippen molar-refractivity contribution in [3.8, 4) is 0 Å². The number of carbonyl (C=O) groups is 2. The van der Waals surface area contributed by atoms with Crippen LogP contribution >= 0.6 is 0 Å². The average Bonchev–Trinajstić information content (AvgIpc) is 2.34. The van der Waals surface area contributed by atoms with Crippen molar-refractivity contribution in [3.05, 3.63) is 18.0 Å². The summed E-state index contributed by atoms with van der Waals surface area (Å²) < 4.78 is 0. The average molecular weight is 235 g/mol. The van der Waals surface area contributed by atoms with E-state index in [1.54, 1.807) is 12.4 Å². The highest BCUT2D eigenvalue weighted by Gasteiger charge is 2.26. The van der Waals surface area contributed by atoms with Crippen LogP contribution in [0, 0.1) is 0 Å². The smallest absolute Gasteiger partial charge is 0.249 e. The Kier molecular flexibility index (Phi) is 3.29. The van der Waals surface area contributed by atoms with E-state index in [0.717, 1.165) is 5.56 Å². The lowest BCUT2D eigenvalue weighted by Gasteiger charge is -2.21. The first-order valence-corrected chi connectivity index (χ1v) is 5.30. The van der Waals surface area contributed by atoms with Gasteiger partial charge in [-0.2, -0.15) is 0 Å². The molecule has 2 heterocycles. The molecule has 1 aromatic heterocycles. The summed E-state index contributed by atoms with van der Waals surface area (Å²) in [7, 11) is 0. The molecule has 2 amide bonds. The number of aromatic nitrogens is 2. The number of anilines is 1. The van der Waals surface area contributed by atoms with Gasteiger partial charge in [-0.05, 0) is 6.42 Å². The standard InChI is InChI=1S/C10H13N5O2/c11-3-6-4-12-10(13-5-6)14-7-1-2-8(16)15-9(7)17/h4-5,7H,1-3,11H2,(H,12,13,14)(H,15,16,17). The highest BCUT2D eigenvalue weighted by molar-refractivity contribution is 6.01. The van der Waals surface area contributed by atoms with E-state index in [0.29, 0.717) is 25.3 Å². The number of hydrogen-bond donors (Lipinski definition) is 3. The van der Waals surface area contributed by atoms with E-state index in [4.69, 9.17) is 5.73 Å². The number of carbonyl (C=O) groups excluding carboxylic acids is 2. The van der Waals surface area contributed by atoms with Crippen LogP contribution in [0.5, 0.6) is 0 Å². The van der Waals surface area contributed by atoms with E-state index in [9.17, 15) is 9.59 Å². The molecule has 1 aromatic rings. The molecule has 1 atom stereocenters. The van der Waals surface area contributed by atoms with Crippen molar-refractivity contribution >= 4 is 17.8 Å². The van der Waals surface area contributed by atoms with Crippen molar-refractivity contribution < 1.29 is 9.59 Å². The monoisotopic (exact) mass is 235 g/mol. The van der Waals surface area contributed by atoms with Gasteiger partial charge in [-0.15, -0.1) is 0 Å². The first-order chi connectivity index (χ1) is 8.19. The highest BCUT2D eigenvalue weighted by atomic mass is 16.2. The summed E-state index contributed by atoms with van der Waals surface area (Å²) in [5, 5.41) is 5.13. The third kappa shape index (κ3) is 2.76. The number of piperidine rings is 1. The quantitative estimate of drug-likeness (QED) is 0.589. The fraction of sp³-hybridized carbons (Fsp3) is 0.400. The number of nitrogens with two attached hydrogens (primary N) is 1. The predicted molar refractivity (Wildman–Crippen MR) is 59.7 cm³/mol. The zero-order valence-corrected chi connectivity index (χ0v) is 9.14. The van der Waals surface area contributed by atoms with Crippen LogP contribution in [0.25, 0.3) is 0 Å². The van der Waals surface area contributed by atoms with Crippen molar-refractivity contribution in [1.82, 2.24) is 15.3 Å². The van der Waals surface area contributed by atoms with Gasteiger partial charge in [0.25, 0.3) is 0 Å². The molecule has 4 N–H and O–H groups in total. The largest absolute Gasteiger partial charge is 0.342 e. The first kappa shape index (κ1) is 11.5. The van der Waals surface area contributed by atoms with Crippen molar-refractivity contribution in [2.24, 2.45) is 5.73 Å². The molecule has 7 nitrogen and oxygen atoms in total. The Morgan fingerprint density at radius 3 is 2.71 bits per heavy atom. The van der Waals surface area contributed by atoms with Crippen LogP contribution in [0.15, 0.2) is 12.4 Å². The van der Waals surface area contributed by atoms with Gasteiger partial charge in [0.15, 0.2) is 0 Å². The zero-order valence-electron chi connectivity index (χ0n) is 9.14. The van der Waals surface area contributed by atoms with E-state index in [-0.39, 0.29) is 11.8 Å². The van der Waals surface area contributed by atoms with Crippen LogP contribution in [0.3, 0.4) is 0 Å². The third-order valence-corrected chi connectivity index (χ3v) is 2.48. The molecule has 90 valence electrons. The Morgan fingerprint density at radius 2 is 2.12 bits per heavy atom. The molecule has 1 aliphatic rings. The highest BCUT2D eigenvalue weighted by Crippen LogP contribution is 2.09. The lowest BCUT2D eigenvalue weighted by atomic mass is 10.1. The third-order valence-electron chi connectivity index (χ3n) is 2.48. The Bertz CT molecular complexity index is 431. The summed E-state index contributed by atoms with van der Waals surface area (Å²) in [6, 6.07) is -0.462. The van der Waals surface area contributed by atoms with Gasteiger partial charge < -0.3 is 11.1 Å². The lowest BCUT2D eigenvalue weighted by molar-refractivity contribution is -0.133. The van der Waals surface area contributed by atoms with Gasteiger partial charge in [0.2, 0.25) is 17.8 Å². The molecular formula is C10H13N5O2. The van der Waals surface area contributed by atoms with Gasteiger partial charge in [0.1, 0.15) is 6.04 Å². The Labute approximate surface area is 97.8 Å². The topological polar surface area (TPSA) is 110 Å². The van der Waals surface area contributed by atoms with Crippen LogP contribution < -0.4 is 16.4 Å². The minimum absolute atomic E-state index is 0.243. The molecule has 0 radical (unpaired) electrons. The van der Waals surface area contributed by atoms with Crippen LogP contribution in [-0.2, 0) is 16.1 Å². The van der Waals surface area contributed by atoms with E-state index in [2.05, 4.69) is 20.6 Å². The number of nitrogens with zero attached hydrogens (tertiary/aromatic N) is 2. The molecule has 1 unspecified atom stereocenters. The van der Waals surface area contributed by atoms with Crippen LogP contribution in [0.1, 0.15) is 18.4 Å². The molecule has 0 spiro atoms. The molecule has 0 bridgehead atoms. The molecule has 0 saturated carbocycles. The van der Waals surface area contributed by atoms with Gasteiger partial charge in [-0.1, -0.05) is 0 Å². The summed E-state index contributed by atoms with van der Waals surface area (Å²) in [5.74, 6) is -0.225. The second-order valence-electron chi connectivity index (χ2n) is 3.77. The van der Waals surface area contributed by atoms with E-state index < -0.39 is 6.04 Å². The molecule has 0 aromatic carbocycles. The second kappa shape index (κ2) is 4.88. The fourth-order valence-electron chi connectivity index (χ4n) is 1.52. The minimum atomic E-state index is -0.462. The molecule has 2 rings (SSSR count). The maximum atomic E-state index is 11.5. The van der Waals surface area contributed by atoms with Crippen LogP contribution in [0.2, 0.25) is 0 Å². The molecule has 7 heteroatoms. The molecular weight excluding hydrogens is 222 g/mol. The van der Waals surface area contributed by atoms with Crippen molar-refractivity contribution in [2.45, 2.75) is 25.4 Å². The lowest BCUT2D eigenvalue weighted by Crippen LogP contribution is -2.47. The van der Waals surface area contributed by atoms with Gasteiger partial charge in [0, 0.05) is 30.9 Å². The van der Waals surface area contributed by atoms with Gasteiger partial charge >= 0.3 is 0 Å². The summed E-state index contributed by atoms with van der Waals surface area (Å²) in [6.07, 6.45) is 3.97. The maximum absolute atomic E-state index is 11.5. The zero-order chi connectivity index (χ0) is 12.3. The van der Waals surface area contributed by atoms with Crippen LogP contribution in [0.4, 0.5) is 5.95 Å². The van der Waals surface area contributed by atoms with Gasteiger partial charge in [-0.3, -0.25) is 14.9 Å². The summed E-state index contributed by atoms with van der Waals surface area (Å²) in [6.45, 7) is 0.374. The first-order valence-electron chi connectivity index (χ1n) is 5.30. The van der Waals surface area contributed by atoms with E-state index in [1.807, 2.05) is 0 Å². The predicted octanol–water partition coefficient (Wildman–Crippen LogP) is -0.848. The van der Waals surface area contributed by atoms with E-state index in [1.165, 1.54) is 0 Å². The normalized spacial score (nSPS) is 19.9. The fourth-order valence-corrected chi connectivity index (χ4v) is 1.52. The summed E-state index contributed by atoms with van der Waals surface area (Å²) >= 11 is 0. The van der Waals surface area contributed by atoms with Crippen LogP contribution in [-0.4, -0.2) is 27.8 Å². The molecule has 1 aliphatic heterocycles. The molecule has 17 heavy (non-hydrogen) atoms. The van der Waals surface area contributed by atoms with Crippen molar-refractivity contribution in [1.29, 1.82) is 0 Å². The molecule has 1 fully saturated rings. The van der Waals surface area contributed by atoms with Crippen molar-refractivity contribution in [2.75, 3.05) is 5.32 Å². The molecule has 1 saturated heterocycles. The van der Waals surface area contributed by atoms with E-state index >= 15 is 0 Å². The Balaban J connectivity index is 2.00. The number of hydrogen-bond acceptors (Lipinski definition) is 6. The SMILES string of the molecule is NCc1cnc(NC2CCC(=O)NC2=O)nc1. The number of amides is 2. The van der Waals surface area contributed by atoms with Gasteiger partial charge in [0.05, 0.1) is 0 Å². The number of imide groups is 1. The Morgan fingerprint density at radius 1 is 1.41 bits per heavy atom. The number of rotatable bonds is 3. The number of nitrogens with one attached hydrogen (secondary N) is 2. The van der Waals surface area contributed by atoms with Gasteiger partial charge in [-0.25, -0.2) is 9.97 Å². The summed E-state index contributed by atoms with van der Waals surface area (Å²) in [5.41, 5.74) is 6.24. The van der Waals surface area contributed by atoms with Crippen molar-refractivity contribution in [3.63, 3.8) is 0 Å². The second-order valence-corrected chi connectivity index (χ2v) is 3.77. The molecule has 0 aliphatic carbocycles. The minimum Gasteiger partial charge on any atom is -0.342 e.